The monoisotopic (exact) mass is 495 g/mol. The summed E-state index contributed by atoms with van der Waals surface area (Å²) in [6, 6.07) is 19.7. The first kappa shape index (κ1) is 24.0. The Bertz CT molecular complexity index is 1440. The summed E-state index contributed by atoms with van der Waals surface area (Å²) in [4.78, 5) is 43.9. The van der Waals surface area contributed by atoms with Gasteiger partial charge in [0, 0.05) is 53.6 Å². The van der Waals surface area contributed by atoms with Gasteiger partial charge in [0.25, 0.3) is 11.8 Å². The predicted octanol–water partition coefficient (Wildman–Crippen LogP) is 4.84. The molecule has 3 amide bonds. The van der Waals surface area contributed by atoms with Crippen LogP contribution >= 0.6 is 0 Å². The molecule has 2 heterocycles. The molecule has 8 nitrogen and oxygen atoms in total. The van der Waals surface area contributed by atoms with Crippen molar-refractivity contribution in [1.82, 2.24) is 9.88 Å². The standard InChI is InChI=1S/C29H25N3O5/c1-36-24-11-10-21(17-25(24)37-18-19-12-14-30-15-13-19)31-26(33)9-4-16-32-28(34)22-7-2-5-20-6-3-8-23(27(20)22)29(32)35/h2-3,5-8,10-15,17H,4,9,16,18H2,1H3,(H,31,33). The molecule has 0 aliphatic carbocycles. The minimum Gasteiger partial charge on any atom is -0.493 e. The number of rotatable bonds is 9. The van der Waals surface area contributed by atoms with Crippen LogP contribution in [0.1, 0.15) is 39.1 Å². The van der Waals surface area contributed by atoms with E-state index in [1.807, 2.05) is 36.4 Å². The largest absolute Gasteiger partial charge is 0.493 e. The second-order valence-corrected chi connectivity index (χ2v) is 8.63. The van der Waals surface area contributed by atoms with Gasteiger partial charge >= 0.3 is 0 Å². The number of imide groups is 1. The van der Waals surface area contributed by atoms with E-state index in [4.69, 9.17) is 9.47 Å². The minimum atomic E-state index is -0.333. The molecule has 0 atom stereocenters. The summed E-state index contributed by atoms with van der Waals surface area (Å²) in [5, 5.41) is 4.40. The number of nitrogens with zero attached hydrogens (tertiary/aromatic N) is 2. The van der Waals surface area contributed by atoms with Gasteiger partial charge in [0.1, 0.15) is 6.61 Å². The van der Waals surface area contributed by atoms with Crippen LogP contribution in [0.25, 0.3) is 10.8 Å². The van der Waals surface area contributed by atoms with E-state index in [-0.39, 0.29) is 30.7 Å². The van der Waals surface area contributed by atoms with E-state index >= 15 is 0 Å². The average molecular weight is 496 g/mol. The SMILES string of the molecule is COc1ccc(NC(=O)CCCN2C(=O)c3cccc4cccc(c34)C2=O)cc1OCc1ccncc1. The Kier molecular flexibility index (Phi) is 6.81. The Morgan fingerprint density at radius 2 is 1.62 bits per heavy atom. The maximum absolute atomic E-state index is 13.0. The maximum atomic E-state index is 13.0. The summed E-state index contributed by atoms with van der Waals surface area (Å²) in [5.41, 5.74) is 2.53. The molecule has 0 spiro atoms. The summed E-state index contributed by atoms with van der Waals surface area (Å²) in [6.45, 7) is 0.476. The number of ether oxygens (including phenoxy) is 2. The van der Waals surface area contributed by atoms with Crippen molar-refractivity contribution in [1.29, 1.82) is 0 Å². The number of hydrogen-bond acceptors (Lipinski definition) is 6. The van der Waals surface area contributed by atoms with Crippen molar-refractivity contribution in [2.45, 2.75) is 19.4 Å². The van der Waals surface area contributed by atoms with E-state index < -0.39 is 0 Å². The lowest BCUT2D eigenvalue weighted by molar-refractivity contribution is -0.116. The fourth-order valence-electron chi connectivity index (χ4n) is 4.41. The fourth-order valence-corrected chi connectivity index (χ4v) is 4.41. The van der Waals surface area contributed by atoms with Crippen molar-refractivity contribution < 1.29 is 23.9 Å². The van der Waals surface area contributed by atoms with Crippen LogP contribution in [0.4, 0.5) is 5.69 Å². The summed E-state index contributed by atoms with van der Waals surface area (Å²) in [5.74, 6) is 0.144. The van der Waals surface area contributed by atoms with Gasteiger partial charge in [-0.1, -0.05) is 24.3 Å². The van der Waals surface area contributed by atoms with Gasteiger partial charge in [-0.3, -0.25) is 24.3 Å². The van der Waals surface area contributed by atoms with Gasteiger partial charge in [0.2, 0.25) is 5.91 Å². The van der Waals surface area contributed by atoms with Crippen LogP contribution in [0.2, 0.25) is 0 Å². The Labute approximate surface area is 213 Å². The molecule has 1 N–H and O–H groups in total. The topological polar surface area (TPSA) is 97.8 Å². The lowest BCUT2D eigenvalue weighted by atomic mass is 9.94. The number of anilines is 1. The number of hydrogen-bond donors (Lipinski definition) is 1. The quantitative estimate of drug-likeness (QED) is 0.334. The van der Waals surface area contributed by atoms with E-state index in [1.54, 1.807) is 49.8 Å². The van der Waals surface area contributed by atoms with Gasteiger partial charge in [-0.05, 0) is 53.8 Å². The van der Waals surface area contributed by atoms with Crippen LogP contribution in [-0.2, 0) is 11.4 Å². The van der Waals surface area contributed by atoms with Gasteiger partial charge in [-0.15, -0.1) is 0 Å². The lowest BCUT2D eigenvalue weighted by Crippen LogP contribution is -2.41. The van der Waals surface area contributed by atoms with E-state index in [2.05, 4.69) is 10.3 Å². The number of pyridine rings is 1. The summed E-state index contributed by atoms with van der Waals surface area (Å²) in [7, 11) is 1.55. The highest BCUT2D eigenvalue weighted by Crippen LogP contribution is 2.32. The molecule has 0 saturated carbocycles. The third-order valence-electron chi connectivity index (χ3n) is 6.23. The van der Waals surface area contributed by atoms with Crippen molar-refractivity contribution in [2.75, 3.05) is 19.0 Å². The third-order valence-corrected chi connectivity index (χ3v) is 6.23. The molecule has 186 valence electrons. The van der Waals surface area contributed by atoms with Crippen LogP contribution in [-0.4, -0.2) is 41.3 Å². The predicted molar refractivity (Wildman–Crippen MR) is 139 cm³/mol. The fraction of sp³-hybridized carbons (Fsp3) is 0.172. The number of nitrogens with one attached hydrogen (secondary N) is 1. The molecular formula is C29H25N3O5. The summed E-state index contributed by atoms with van der Waals surface area (Å²) in [6.07, 6.45) is 3.86. The number of carbonyl (C=O) groups is 3. The zero-order valence-electron chi connectivity index (χ0n) is 20.3. The Morgan fingerprint density at radius 1 is 0.919 bits per heavy atom. The molecule has 0 saturated heterocycles. The maximum Gasteiger partial charge on any atom is 0.261 e. The molecule has 0 bridgehead atoms. The highest BCUT2D eigenvalue weighted by molar-refractivity contribution is 6.25. The molecule has 0 radical (unpaired) electrons. The first-order chi connectivity index (χ1) is 18.0. The van der Waals surface area contributed by atoms with Gasteiger partial charge in [0.15, 0.2) is 11.5 Å². The molecule has 0 fully saturated rings. The van der Waals surface area contributed by atoms with Crippen LogP contribution in [0, 0.1) is 0 Å². The molecule has 4 aromatic rings. The van der Waals surface area contributed by atoms with E-state index in [9.17, 15) is 14.4 Å². The van der Waals surface area contributed by atoms with Gasteiger partial charge in [-0.25, -0.2) is 0 Å². The van der Waals surface area contributed by atoms with Crippen LogP contribution in [0.5, 0.6) is 11.5 Å². The molecule has 1 aromatic heterocycles. The summed E-state index contributed by atoms with van der Waals surface area (Å²) < 4.78 is 11.3. The van der Waals surface area contributed by atoms with Gasteiger partial charge < -0.3 is 14.8 Å². The molecule has 1 aliphatic rings. The average Bonchev–Trinajstić information content (AvgIpc) is 2.93. The molecular weight excluding hydrogens is 470 g/mol. The van der Waals surface area contributed by atoms with Gasteiger partial charge in [0.05, 0.1) is 7.11 Å². The second kappa shape index (κ2) is 10.5. The number of methoxy groups -OCH3 is 1. The molecule has 8 heteroatoms. The van der Waals surface area contributed by atoms with E-state index in [0.717, 1.165) is 10.9 Å². The van der Waals surface area contributed by atoms with Crippen LogP contribution in [0.3, 0.4) is 0 Å². The Balaban J connectivity index is 1.20. The van der Waals surface area contributed by atoms with Gasteiger partial charge in [-0.2, -0.15) is 0 Å². The number of amides is 3. The first-order valence-corrected chi connectivity index (χ1v) is 11.9. The van der Waals surface area contributed by atoms with E-state index in [0.29, 0.717) is 46.7 Å². The zero-order chi connectivity index (χ0) is 25.8. The van der Waals surface area contributed by atoms with Crippen LogP contribution in [0.15, 0.2) is 79.1 Å². The molecule has 3 aromatic carbocycles. The Hall–Kier alpha value is -4.72. The number of benzene rings is 3. The van der Waals surface area contributed by atoms with E-state index in [1.165, 1.54) is 4.90 Å². The molecule has 37 heavy (non-hydrogen) atoms. The molecule has 0 unspecified atom stereocenters. The van der Waals surface area contributed by atoms with Crippen molar-refractivity contribution in [3.8, 4) is 11.5 Å². The smallest absolute Gasteiger partial charge is 0.261 e. The van der Waals surface area contributed by atoms with Crippen molar-refractivity contribution >= 4 is 34.2 Å². The third kappa shape index (κ3) is 4.99. The Morgan fingerprint density at radius 3 is 2.30 bits per heavy atom. The van der Waals surface area contributed by atoms with Crippen molar-refractivity contribution in [3.05, 3.63) is 95.8 Å². The molecule has 1 aliphatic heterocycles. The lowest BCUT2D eigenvalue weighted by Gasteiger charge is -2.27. The second-order valence-electron chi connectivity index (χ2n) is 8.63. The summed E-state index contributed by atoms with van der Waals surface area (Å²) >= 11 is 0. The van der Waals surface area contributed by atoms with Crippen molar-refractivity contribution in [2.24, 2.45) is 0 Å². The zero-order valence-corrected chi connectivity index (χ0v) is 20.3. The highest BCUT2D eigenvalue weighted by atomic mass is 16.5. The normalized spacial score (nSPS) is 12.5. The van der Waals surface area contributed by atoms with Crippen molar-refractivity contribution in [3.63, 3.8) is 0 Å². The number of aromatic nitrogens is 1. The highest BCUT2D eigenvalue weighted by Gasteiger charge is 2.32. The molecule has 5 rings (SSSR count). The minimum absolute atomic E-state index is 0.141. The first-order valence-electron chi connectivity index (χ1n) is 11.9. The number of carbonyl (C=O) groups excluding carboxylic acids is 3. The van der Waals surface area contributed by atoms with Crippen LogP contribution < -0.4 is 14.8 Å².